The fraction of sp³-hybridized carbons (Fsp3) is 0.353. The summed E-state index contributed by atoms with van der Waals surface area (Å²) in [4.78, 5) is 12.4. The maximum absolute atomic E-state index is 12.4. The summed E-state index contributed by atoms with van der Waals surface area (Å²) in [5.41, 5.74) is 5.77. The third-order valence-electron chi connectivity index (χ3n) is 3.88. The molecule has 0 bridgehead atoms. The van der Waals surface area contributed by atoms with Crippen molar-refractivity contribution in [1.29, 1.82) is 0 Å². The molecule has 1 heteroatoms. The van der Waals surface area contributed by atoms with Crippen LogP contribution in [0.1, 0.15) is 41.8 Å². The molecule has 0 N–H and O–H groups in total. The number of benzene rings is 1. The quantitative estimate of drug-likeness (QED) is 0.700. The molecule has 1 unspecified atom stereocenters. The minimum absolute atomic E-state index is 0.0100. The third-order valence-corrected chi connectivity index (χ3v) is 3.88. The maximum atomic E-state index is 12.4. The molecule has 0 saturated carbocycles. The average Bonchev–Trinajstić information content (AvgIpc) is 2.35. The van der Waals surface area contributed by atoms with Gasteiger partial charge in [-0.25, -0.2) is 0 Å². The van der Waals surface area contributed by atoms with Crippen LogP contribution in [0.5, 0.6) is 0 Å². The molecular formula is C17H20O. The summed E-state index contributed by atoms with van der Waals surface area (Å²) in [5, 5.41) is 0. The minimum Gasteiger partial charge on any atom is -0.294 e. The van der Waals surface area contributed by atoms with Crippen molar-refractivity contribution in [2.24, 2.45) is 5.92 Å². The molecule has 18 heavy (non-hydrogen) atoms. The maximum Gasteiger partial charge on any atom is 0.170 e. The molecule has 1 aromatic carbocycles. The highest BCUT2D eigenvalue weighted by atomic mass is 16.1. The van der Waals surface area contributed by atoms with Crippen molar-refractivity contribution in [3.63, 3.8) is 0 Å². The molecule has 1 aliphatic rings. The molecule has 0 radical (unpaired) electrons. The summed E-state index contributed by atoms with van der Waals surface area (Å²) in [6.07, 6.45) is 5.10. The van der Waals surface area contributed by atoms with Gasteiger partial charge < -0.3 is 0 Å². The molecule has 1 aliphatic carbocycles. The smallest absolute Gasteiger partial charge is 0.170 e. The van der Waals surface area contributed by atoms with Gasteiger partial charge in [-0.05, 0) is 51.3 Å². The zero-order valence-corrected chi connectivity index (χ0v) is 11.6. The Morgan fingerprint density at radius 1 is 1.06 bits per heavy atom. The molecule has 0 amide bonds. The first-order valence-corrected chi connectivity index (χ1v) is 6.46. The van der Waals surface area contributed by atoms with E-state index in [-0.39, 0.29) is 11.7 Å². The number of allylic oxidation sites excluding steroid dienone is 4. The number of ketones is 1. The Balaban J connectivity index is 2.25. The molecule has 1 atom stereocenters. The van der Waals surface area contributed by atoms with E-state index in [2.05, 4.69) is 39.8 Å². The van der Waals surface area contributed by atoms with Gasteiger partial charge in [0, 0.05) is 11.5 Å². The van der Waals surface area contributed by atoms with Gasteiger partial charge in [-0.1, -0.05) is 35.4 Å². The van der Waals surface area contributed by atoms with E-state index in [4.69, 9.17) is 0 Å². The molecule has 0 aromatic heterocycles. The number of Topliss-reactive ketones (excluding diaryl/α,β-unsaturated/α-hetero) is 1. The van der Waals surface area contributed by atoms with Crippen molar-refractivity contribution in [2.45, 2.75) is 34.1 Å². The van der Waals surface area contributed by atoms with Crippen molar-refractivity contribution in [3.8, 4) is 0 Å². The second kappa shape index (κ2) is 4.93. The number of rotatable bonds is 2. The fourth-order valence-corrected chi connectivity index (χ4v) is 2.26. The average molecular weight is 240 g/mol. The molecule has 0 fully saturated rings. The Hall–Kier alpha value is -1.63. The van der Waals surface area contributed by atoms with Crippen LogP contribution in [0.2, 0.25) is 0 Å². The first-order valence-electron chi connectivity index (χ1n) is 6.46. The normalized spacial score (nSPS) is 19.2. The Morgan fingerprint density at radius 2 is 1.78 bits per heavy atom. The highest BCUT2D eigenvalue weighted by molar-refractivity contribution is 5.99. The zero-order valence-electron chi connectivity index (χ0n) is 11.6. The Bertz CT molecular complexity index is 547. The predicted molar refractivity (Wildman–Crippen MR) is 75.9 cm³/mol. The van der Waals surface area contributed by atoms with Crippen molar-refractivity contribution >= 4 is 5.78 Å². The number of aryl methyl sites for hydroxylation is 2. The van der Waals surface area contributed by atoms with E-state index < -0.39 is 0 Å². The van der Waals surface area contributed by atoms with Crippen LogP contribution in [-0.2, 0) is 0 Å². The number of hydrogen-bond acceptors (Lipinski definition) is 1. The van der Waals surface area contributed by atoms with Crippen molar-refractivity contribution in [2.75, 3.05) is 0 Å². The van der Waals surface area contributed by atoms with Crippen LogP contribution in [0.25, 0.3) is 0 Å². The van der Waals surface area contributed by atoms with Gasteiger partial charge in [-0.15, -0.1) is 0 Å². The zero-order chi connectivity index (χ0) is 13.3. The van der Waals surface area contributed by atoms with Crippen LogP contribution in [0, 0.1) is 19.8 Å². The van der Waals surface area contributed by atoms with E-state index in [1.165, 1.54) is 22.3 Å². The number of carbonyl (C=O) groups is 1. The van der Waals surface area contributed by atoms with Gasteiger partial charge in [0.25, 0.3) is 0 Å². The highest BCUT2D eigenvalue weighted by Gasteiger charge is 2.20. The second-order valence-corrected chi connectivity index (χ2v) is 5.24. The van der Waals surface area contributed by atoms with Crippen molar-refractivity contribution in [3.05, 3.63) is 58.2 Å². The van der Waals surface area contributed by atoms with E-state index >= 15 is 0 Å². The van der Waals surface area contributed by atoms with Crippen molar-refractivity contribution in [1.82, 2.24) is 0 Å². The Morgan fingerprint density at radius 3 is 2.39 bits per heavy atom. The van der Waals surface area contributed by atoms with Crippen LogP contribution in [0.15, 0.2) is 41.5 Å². The monoisotopic (exact) mass is 240 g/mol. The topological polar surface area (TPSA) is 17.1 Å². The van der Waals surface area contributed by atoms with Gasteiger partial charge in [-0.3, -0.25) is 4.79 Å². The largest absolute Gasteiger partial charge is 0.294 e. The molecule has 0 spiro atoms. The summed E-state index contributed by atoms with van der Waals surface area (Å²) in [5.74, 6) is 0.247. The van der Waals surface area contributed by atoms with Gasteiger partial charge in [-0.2, -0.15) is 0 Å². The van der Waals surface area contributed by atoms with E-state index in [0.717, 1.165) is 12.0 Å². The van der Waals surface area contributed by atoms with Crippen LogP contribution in [0.3, 0.4) is 0 Å². The summed E-state index contributed by atoms with van der Waals surface area (Å²) < 4.78 is 0. The lowest BCUT2D eigenvalue weighted by Crippen LogP contribution is -2.15. The van der Waals surface area contributed by atoms with E-state index in [0.29, 0.717) is 0 Å². The SMILES string of the molecule is CC1=CCC(C(=O)c2ccc(C)c(C)c2)C=C1C. The molecule has 94 valence electrons. The second-order valence-electron chi connectivity index (χ2n) is 5.24. The first kappa shape index (κ1) is 12.8. The molecule has 2 rings (SSSR count). The Labute approximate surface area is 109 Å². The molecule has 1 aromatic rings. The molecule has 0 heterocycles. The summed E-state index contributed by atoms with van der Waals surface area (Å²) >= 11 is 0. The predicted octanol–water partition coefficient (Wildman–Crippen LogP) is 4.40. The highest BCUT2D eigenvalue weighted by Crippen LogP contribution is 2.25. The summed E-state index contributed by atoms with van der Waals surface area (Å²) in [6.45, 7) is 8.30. The van der Waals surface area contributed by atoms with Gasteiger partial charge in [0.2, 0.25) is 0 Å². The standard InChI is InChI=1S/C17H20O/c1-11-5-7-15(9-13(11)3)17(18)16-8-6-12(2)14(4)10-16/h5-7,9-10,16H,8H2,1-4H3. The summed E-state index contributed by atoms with van der Waals surface area (Å²) in [6, 6.07) is 5.98. The molecular weight excluding hydrogens is 220 g/mol. The lowest BCUT2D eigenvalue weighted by Gasteiger charge is -2.17. The molecule has 0 saturated heterocycles. The third kappa shape index (κ3) is 2.45. The van der Waals surface area contributed by atoms with Crippen LogP contribution >= 0.6 is 0 Å². The van der Waals surface area contributed by atoms with Gasteiger partial charge in [0.05, 0.1) is 0 Å². The van der Waals surface area contributed by atoms with Crippen LogP contribution in [-0.4, -0.2) is 5.78 Å². The van der Waals surface area contributed by atoms with Crippen molar-refractivity contribution < 1.29 is 4.79 Å². The minimum atomic E-state index is 0.0100. The number of hydrogen-bond donors (Lipinski definition) is 0. The van der Waals surface area contributed by atoms with E-state index in [9.17, 15) is 4.79 Å². The van der Waals surface area contributed by atoms with Gasteiger partial charge >= 0.3 is 0 Å². The van der Waals surface area contributed by atoms with Crippen LogP contribution in [0.4, 0.5) is 0 Å². The summed E-state index contributed by atoms with van der Waals surface area (Å²) in [7, 11) is 0. The van der Waals surface area contributed by atoms with Gasteiger partial charge in [0.1, 0.15) is 0 Å². The Kier molecular flexibility index (Phi) is 3.51. The van der Waals surface area contributed by atoms with E-state index in [1.54, 1.807) is 0 Å². The molecule has 1 nitrogen and oxygen atoms in total. The van der Waals surface area contributed by atoms with E-state index in [1.807, 2.05) is 18.2 Å². The lowest BCUT2D eigenvalue weighted by molar-refractivity contribution is 0.0945. The van der Waals surface area contributed by atoms with Crippen LogP contribution < -0.4 is 0 Å². The molecule has 0 aliphatic heterocycles. The fourth-order valence-electron chi connectivity index (χ4n) is 2.26. The number of carbonyl (C=O) groups excluding carboxylic acids is 1. The first-order chi connectivity index (χ1) is 8.49. The van der Waals surface area contributed by atoms with Gasteiger partial charge in [0.15, 0.2) is 5.78 Å². The lowest BCUT2D eigenvalue weighted by atomic mass is 9.86.